The molecule has 1 heterocycles. The number of benzene rings is 1. The highest BCUT2D eigenvalue weighted by atomic mass is 16.2. The highest BCUT2D eigenvalue weighted by Gasteiger charge is 2.35. The van der Waals surface area contributed by atoms with Crippen molar-refractivity contribution in [3.63, 3.8) is 0 Å². The highest BCUT2D eigenvalue weighted by molar-refractivity contribution is 6.00. The van der Waals surface area contributed by atoms with Crippen molar-refractivity contribution in [3.05, 3.63) is 42.0 Å². The van der Waals surface area contributed by atoms with Crippen LogP contribution in [0.1, 0.15) is 17.5 Å². The molecule has 1 saturated heterocycles. The third kappa shape index (κ3) is 2.74. The first-order chi connectivity index (χ1) is 9.54. The third-order valence-corrected chi connectivity index (χ3v) is 3.78. The van der Waals surface area contributed by atoms with E-state index in [2.05, 4.69) is 11.9 Å². The fraction of sp³-hybridized carbons (Fsp3) is 0.375. The summed E-state index contributed by atoms with van der Waals surface area (Å²) in [6, 6.07) is 5.90. The van der Waals surface area contributed by atoms with E-state index < -0.39 is 0 Å². The fourth-order valence-corrected chi connectivity index (χ4v) is 2.46. The van der Waals surface area contributed by atoms with Crippen LogP contribution in [0, 0.1) is 19.8 Å². The van der Waals surface area contributed by atoms with E-state index in [4.69, 9.17) is 0 Å². The van der Waals surface area contributed by atoms with Crippen molar-refractivity contribution < 1.29 is 9.59 Å². The second-order valence-electron chi connectivity index (χ2n) is 5.16. The predicted octanol–water partition coefficient (Wildman–Crippen LogP) is 1.96. The van der Waals surface area contributed by atoms with Crippen molar-refractivity contribution in [3.8, 4) is 0 Å². The molecular weight excluding hydrogens is 252 g/mol. The maximum absolute atomic E-state index is 12.2. The number of anilines is 1. The number of nitrogens with zero attached hydrogens (tertiary/aromatic N) is 1. The summed E-state index contributed by atoms with van der Waals surface area (Å²) in [7, 11) is 0. The molecule has 1 aliphatic rings. The van der Waals surface area contributed by atoms with Crippen molar-refractivity contribution in [1.82, 2.24) is 5.32 Å². The minimum atomic E-state index is -0.276. The lowest BCUT2D eigenvalue weighted by atomic mass is 10.1. The van der Waals surface area contributed by atoms with E-state index in [0.29, 0.717) is 13.1 Å². The lowest BCUT2D eigenvalue weighted by Crippen LogP contribution is -2.33. The first kappa shape index (κ1) is 14.3. The van der Waals surface area contributed by atoms with E-state index in [0.717, 1.165) is 16.8 Å². The molecule has 1 aliphatic heterocycles. The lowest BCUT2D eigenvalue weighted by molar-refractivity contribution is -0.126. The van der Waals surface area contributed by atoms with Gasteiger partial charge in [-0.05, 0) is 31.0 Å². The van der Waals surface area contributed by atoms with Crippen LogP contribution in [0.4, 0.5) is 5.69 Å². The molecule has 0 aliphatic carbocycles. The van der Waals surface area contributed by atoms with E-state index in [1.807, 2.05) is 32.0 Å². The molecule has 4 heteroatoms. The quantitative estimate of drug-likeness (QED) is 0.852. The number of carbonyl (C=O) groups is 2. The van der Waals surface area contributed by atoms with Crippen LogP contribution >= 0.6 is 0 Å². The van der Waals surface area contributed by atoms with Crippen LogP contribution in [-0.4, -0.2) is 24.9 Å². The number of carbonyl (C=O) groups excluding carboxylic acids is 2. The summed E-state index contributed by atoms with van der Waals surface area (Å²) in [5, 5.41) is 2.76. The molecule has 4 nitrogen and oxygen atoms in total. The van der Waals surface area contributed by atoms with Crippen LogP contribution in [-0.2, 0) is 9.59 Å². The number of aryl methyl sites for hydroxylation is 1. The monoisotopic (exact) mass is 272 g/mol. The third-order valence-electron chi connectivity index (χ3n) is 3.78. The van der Waals surface area contributed by atoms with Crippen molar-refractivity contribution >= 4 is 17.5 Å². The minimum Gasteiger partial charge on any atom is -0.352 e. The molecule has 20 heavy (non-hydrogen) atoms. The summed E-state index contributed by atoms with van der Waals surface area (Å²) in [6.45, 7) is 8.48. The zero-order valence-electron chi connectivity index (χ0n) is 12.0. The lowest BCUT2D eigenvalue weighted by Gasteiger charge is -2.20. The zero-order valence-corrected chi connectivity index (χ0v) is 12.0. The van der Waals surface area contributed by atoms with Gasteiger partial charge in [0.1, 0.15) is 0 Å². The molecule has 2 amide bonds. The molecule has 106 valence electrons. The smallest absolute Gasteiger partial charge is 0.227 e. The van der Waals surface area contributed by atoms with E-state index >= 15 is 0 Å². The fourth-order valence-electron chi connectivity index (χ4n) is 2.46. The zero-order chi connectivity index (χ0) is 14.7. The molecule has 1 unspecified atom stereocenters. The van der Waals surface area contributed by atoms with Gasteiger partial charge in [0.25, 0.3) is 0 Å². The van der Waals surface area contributed by atoms with Gasteiger partial charge in [0.15, 0.2) is 0 Å². The Labute approximate surface area is 119 Å². The first-order valence-electron chi connectivity index (χ1n) is 6.79. The Balaban J connectivity index is 2.15. The molecule has 0 aromatic heterocycles. The molecule has 1 aromatic carbocycles. The minimum absolute atomic E-state index is 0.0115. The van der Waals surface area contributed by atoms with Gasteiger partial charge >= 0.3 is 0 Å². The molecule has 1 aromatic rings. The normalized spacial score (nSPS) is 18.2. The number of hydrogen-bond acceptors (Lipinski definition) is 2. The van der Waals surface area contributed by atoms with Crippen LogP contribution in [0.25, 0.3) is 0 Å². The summed E-state index contributed by atoms with van der Waals surface area (Å²) in [4.78, 5) is 25.8. The molecule has 0 saturated carbocycles. The van der Waals surface area contributed by atoms with Gasteiger partial charge in [-0.25, -0.2) is 0 Å². The van der Waals surface area contributed by atoms with Crippen molar-refractivity contribution in [2.45, 2.75) is 20.3 Å². The Hall–Kier alpha value is -2.10. The van der Waals surface area contributed by atoms with Crippen LogP contribution in [0.2, 0.25) is 0 Å². The van der Waals surface area contributed by atoms with Gasteiger partial charge in [-0.15, -0.1) is 6.58 Å². The Bertz CT molecular complexity index is 551. The van der Waals surface area contributed by atoms with Gasteiger partial charge in [-0.3, -0.25) is 9.59 Å². The van der Waals surface area contributed by atoms with Crippen molar-refractivity contribution in [2.24, 2.45) is 5.92 Å². The van der Waals surface area contributed by atoms with E-state index in [1.165, 1.54) is 0 Å². The summed E-state index contributed by atoms with van der Waals surface area (Å²) < 4.78 is 0. The van der Waals surface area contributed by atoms with Gasteiger partial charge in [-0.2, -0.15) is 0 Å². The molecular formula is C16H20N2O2. The Kier molecular flexibility index (Phi) is 4.23. The molecule has 1 atom stereocenters. The average molecular weight is 272 g/mol. The van der Waals surface area contributed by atoms with Gasteiger partial charge < -0.3 is 10.2 Å². The molecule has 1 fully saturated rings. The summed E-state index contributed by atoms with van der Waals surface area (Å²) in [5.74, 6) is -0.342. The van der Waals surface area contributed by atoms with Crippen molar-refractivity contribution in [2.75, 3.05) is 18.0 Å². The van der Waals surface area contributed by atoms with Crippen LogP contribution < -0.4 is 10.2 Å². The van der Waals surface area contributed by atoms with Crippen LogP contribution in [0.15, 0.2) is 30.9 Å². The van der Waals surface area contributed by atoms with Crippen molar-refractivity contribution in [1.29, 1.82) is 0 Å². The molecule has 2 rings (SSSR count). The molecule has 0 bridgehead atoms. The molecule has 1 N–H and O–H groups in total. The van der Waals surface area contributed by atoms with Crippen LogP contribution in [0.5, 0.6) is 0 Å². The first-order valence-corrected chi connectivity index (χ1v) is 6.79. The number of hydrogen-bond donors (Lipinski definition) is 1. The topological polar surface area (TPSA) is 49.4 Å². The average Bonchev–Trinajstić information content (AvgIpc) is 2.81. The Morgan fingerprint density at radius 1 is 1.50 bits per heavy atom. The summed E-state index contributed by atoms with van der Waals surface area (Å²) in [5.41, 5.74) is 3.15. The van der Waals surface area contributed by atoms with E-state index in [9.17, 15) is 9.59 Å². The predicted molar refractivity (Wildman–Crippen MR) is 79.6 cm³/mol. The molecule has 0 radical (unpaired) electrons. The second-order valence-corrected chi connectivity index (χ2v) is 5.16. The number of amides is 2. The maximum Gasteiger partial charge on any atom is 0.227 e. The van der Waals surface area contributed by atoms with Gasteiger partial charge in [0.05, 0.1) is 5.92 Å². The summed E-state index contributed by atoms with van der Waals surface area (Å²) >= 11 is 0. The Morgan fingerprint density at radius 3 is 2.95 bits per heavy atom. The second kappa shape index (κ2) is 5.90. The van der Waals surface area contributed by atoms with Crippen LogP contribution in [0.3, 0.4) is 0 Å². The van der Waals surface area contributed by atoms with Gasteiger partial charge in [0, 0.05) is 25.2 Å². The number of nitrogens with one attached hydrogen (secondary N) is 1. The SMILES string of the molecule is C=CCNC(=O)C1CC(=O)N(c2cccc(C)c2C)C1. The molecule has 0 spiro atoms. The number of rotatable bonds is 4. The highest BCUT2D eigenvalue weighted by Crippen LogP contribution is 2.29. The maximum atomic E-state index is 12.2. The Morgan fingerprint density at radius 2 is 2.25 bits per heavy atom. The standard InChI is InChI=1S/C16H20N2O2/c1-4-8-17-16(20)13-9-15(19)18(10-13)14-7-5-6-11(2)12(14)3/h4-7,13H,1,8-10H2,2-3H3,(H,17,20). The van der Waals surface area contributed by atoms with Gasteiger partial charge in [-0.1, -0.05) is 18.2 Å². The summed E-state index contributed by atoms with van der Waals surface area (Å²) in [6.07, 6.45) is 1.91. The van der Waals surface area contributed by atoms with Gasteiger partial charge in [0.2, 0.25) is 11.8 Å². The van der Waals surface area contributed by atoms with E-state index in [1.54, 1.807) is 11.0 Å². The van der Waals surface area contributed by atoms with E-state index in [-0.39, 0.29) is 24.2 Å². The largest absolute Gasteiger partial charge is 0.352 e.